The van der Waals surface area contributed by atoms with Gasteiger partial charge in [-0.25, -0.2) is 29.5 Å². The lowest BCUT2D eigenvalue weighted by atomic mass is 9.92. The van der Waals surface area contributed by atoms with E-state index in [1.165, 1.54) is 53.3 Å². The number of thiocarbonyl (C=S) groups is 1. The molecule has 80 heavy (non-hydrogen) atoms. The fourth-order valence-electron chi connectivity index (χ4n) is 9.49. The molecular weight excluding hydrogens is 1080 g/mol. The Balaban J connectivity index is 0.000000186. The molecule has 0 saturated carbocycles. The molecule has 7 aromatic rings. The van der Waals surface area contributed by atoms with E-state index in [0.717, 1.165) is 93.7 Å². The lowest BCUT2D eigenvalue weighted by Gasteiger charge is -2.36. The molecule has 0 bridgehead atoms. The van der Waals surface area contributed by atoms with Crippen molar-refractivity contribution in [2.45, 2.75) is 137 Å². The van der Waals surface area contributed by atoms with Crippen molar-refractivity contribution in [3.05, 3.63) is 120 Å². The number of para-hydroxylation sites is 3. The summed E-state index contributed by atoms with van der Waals surface area (Å²) in [5.74, 6) is 0.824. The number of hydrogen-bond acceptors (Lipinski definition) is 16. The Kier molecular flexibility index (Phi) is 25.3. The molecule has 4 aliphatic heterocycles. The monoisotopic (exact) mass is 1170 g/mol. The second-order valence-electron chi connectivity index (χ2n) is 21.7. The van der Waals surface area contributed by atoms with Crippen molar-refractivity contribution in [2.75, 3.05) is 52.5 Å². The maximum absolute atomic E-state index is 12.7. The molecule has 2 amide bonds. The lowest BCUT2D eigenvalue weighted by molar-refractivity contribution is 0.00196. The molecule has 5 atom stereocenters. The standard InChI is InChI=1S/C22H26N4O3S2.C18H24N2O3S.C13H16N2S.C4H8O.C2H6.C2H4/c1-22(2,3)29-20(27)25-11-6-7-15(13-25)18(28-21(30)26-12-10-23-14-26)19-24-16-8-4-5-9-17(16)31-19;1-18(2,3)23-17(22)20-10-6-7-12(11-20)15(21)16-19-13-8-4-5-9-14(13)24-16;1-2-6-12-11(5-1)15-13(16-12)8-10-4-3-7-14-9-10;1-2-4-5-3-1;2*1-2/h4-5,8-10,12,14-15,18H,6-7,11,13H2,1-3H3;4-5,8-9,12,15,21H,6-7,10-11H2,1-3H3;1-2,5-6,10,14H,3-4,7-9H2;1-4H2;1-2H3;1-2H2. The van der Waals surface area contributed by atoms with Gasteiger partial charge in [-0.05, 0) is 161 Å². The van der Waals surface area contributed by atoms with E-state index >= 15 is 0 Å². The van der Waals surface area contributed by atoms with Gasteiger partial charge in [0.1, 0.15) is 33.6 Å². The second kappa shape index (κ2) is 31.7. The number of aliphatic hydroxyl groups excluding tert-OH is 1. The Labute approximate surface area is 491 Å². The van der Waals surface area contributed by atoms with Crippen LogP contribution in [0, 0.1) is 17.8 Å². The zero-order chi connectivity index (χ0) is 57.7. The second-order valence-corrected chi connectivity index (χ2v) is 25.3. The number of rotatable bonds is 7. The summed E-state index contributed by atoms with van der Waals surface area (Å²) >= 11 is 10.5. The molecular formula is C61H84N8O7S4. The minimum Gasteiger partial charge on any atom is -0.459 e. The first-order valence-corrected chi connectivity index (χ1v) is 31.1. The number of thiazole rings is 3. The number of benzene rings is 3. The predicted octanol–water partition coefficient (Wildman–Crippen LogP) is 14.5. The molecule has 5 unspecified atom stereocenters. The molecule has 4 aromatic heterocycles. The Hall–Kier alpha value is -5.41. The summed E-state index contributed by atoms with van der Waals surface area (Å²) in [4.78, 5) is 46.5. The van der Waals surface area contributed by atoms with E-state index in [2.05, 4.69) is 58.8 Å². The third-order valence-corrected chi connectivity index (χ3v) is 16.8. The molecule has 0 radical (unpaired) electrons. The fourth-order valence-corrected chi connectivity index (χ4v) is 12.9. The maximum atomic E-state index is 12.7. The van der Waals surface area contributed by atoms with E-state index in [4.69, 9.17) is 41.1 Å². The topological polar surface area (TPSA) is 166 Å². The lowest BCUT2D eigenvalue weighted by Crippen LogP contribution is -2.44. The average Bonchev–Trinajstić information content (AvgIpc) is 4.34. The summed E-state index contributed by atoms with van der Waals surface area (Å²) in [6.07, 6.45) is 13.3. The summed E-state index contributed by atoms with van der Waals surface area (Å²) in [5, 5.41) is 17.4. The van der Waals surface area contributed by atoms with Gasteiger partial charge in [0, 0.05) is 70.0 Å². The Morgan fingerprint density at radius 2 is 1.24 bits per heavy atom. The van der Waals surface area contributed by atoms with E-state index in [1.807, 2.05) is 109 Å². The number of fused-ring (bicyclic) bond motifs is 3. The summed E-state index contributed by atoms with van der Waals surface area (Å²) in [6.45, 7) is 28.0. The van der Waals surface area contributed by atoms with E-state index in [1.54, 1.807) is 44.4 Å². The molecule has 4 saturated heterocycles. The van der Waals surface area contributed by atoms with Gasteiger partial charge >= 0.3 is 12.2 Å². The van der Waals surface area contributed by atoms with Crippen LogP contribution in [0.2, 0.25) is 0 Å². The summed E-state index contributed by atoms with van der Waals surface area (Å²) in [6, 6.07) is 24.3. The van der Waals surface area contributed by atoms with Crippen LogP contribution >= 0.6 is 46.2 Å². The number of nitrogens with one attached hydrogen (secondary N) is 1. The predicted molar refractivity (Wildman–Crippen MR) is 331 cm³/mol. The smallest absolute Gasteiger partial charge is 0.410 e. The van der Waals surface area contributed by atoms with E-state index < -0.39 is 17.3 Å². The number of aromatic nitrogens is 5. The van der Waals surface area contributed by atoms with Gasteiger partial charge in [-0.1, -0.05) is 50.2 Å². The summed E-state index contributed by atoms with van der Waals surface area (Å²) in [7, 11) is 0. The van der Waals surface area contributed by atoms with Crippen LogP contribution in [-0.2, 0) is 25.4 Å². The molecule has 3 aromatic carbocycles. The van der Waals surface area contributed by atoms with E-state index in [-0.39, 0.29) is 30.1 Å². The molecule has 19 heteroatoms. The molecule has 2 N–H and O–H groups in total. The molecule has 11 rings (SSSR count). The molecule has 4 aliphatic rings. The van der Waals surface area contributed by atoms with E-state index in [0.29, 0.717) is 31.4 Å². The molecule has 0 aliphatic carbocycles. The molecule has 4 fully saturated rings. The van der Waals surface area contributed by atoms with Gasteiger partial charge in [0.25, 0.3) is 5.17 Å². The normalized spacial score (nSPS) is 18.9. The highest BCUT2D eigenvalue weighted by atomic mass is 32.1. The van der Waals surface area contributed by atoms with Gasteiger partial charge in [0.05, 0.1) is 35.7 Å². The van der Waals surface area contributed by atoms with Crippen LogP contribution in [0.5, 0.6) is 0 Å². The first kappa shape index (κ1) is 63.8. The molecule has 0 spiro atoms. The fraction of sp³-hybridized carbons (Fsp3) is 0.525. The molecule has 15 nitrogen and oxygen atoms in total. The number of hydrogen-bond donors (Lipinski definition) is 2. The first-order chi connectivity index (χ1) is 38.5. The van der Waals surface area contributed by atoms with Crippen LogP contribution < -0.4 is 5.32 Å². The third-order valence-electron chi connectivity index (χ3n) is 13.2. The number of piperidine rings is 3. The third kappa shape index (κ3) is 19.7. The average molecular weight is 1170 g/mol. The Morgan fingerprint density at radius 1 is 0.725 bits per heavy atom. The van der Waals surface area contributed by atoms with Crippen molar-refractivity contribution in [1.29, 1.82) is 0 Å². The van der Waals surface area contributed by atoms with Gasteiger partial charge < -0.3 is 39.2 Å². The first-order valence-electron chi connectivity index (χ1n) is 28.2. The van der Waals surface area contributed by atoms with Crippen LogP contribution in [0.15, 0.2) is 105 Å². The number of imidazole rings is 1. The van der Waals surface area contributed by atoms with Crippen LogP contribution in [0.3, 0.4) is 0 Å². The number of aliphatic hydroxyl groups is 1. The number of carbonyl (C=O) groups excluding carboxylic acids is 2. The number of carbonyl (C=O) groups is 2. The zero-order valence-corrected chi connectivity index (χ0v) is 51.4. The Morgan fingerprint density at radius 3 is 1.73 bits per heavy atom. The van der Waals surface area contributed by atoms with Crippen molar-refractivity contribution in [3.8, 4) is 0 Å². The van der Waals surface area contributed by atoms with Crippen molar-refractivity contribution in [1.82, 2.24) is 39.6 Å². The van der Waals surface area contributed by atoms with E-state index in [9.17, 15) is 14.7 Å². The van der Waals surface area contributed by atoms with Gasteiger partial charge in [-0.2, -0.15) is 0 Å². The number of likely N-dealkylation sites (tertiary alicyclic amines) is 2. The highest BCUT2D eigenvalue weighted by Gasteiger charge is 2.37. The largest absolute Gasteiger partial charge is 0.459 e. The highest BCUT2D eigenvalue weighted by molar-refractivity contribution is 7.80. The van der Waals surface area contributed by atoms with Gasteiger partial charge in [-0.3, -0.25) is 4.57 Å². The van der Waals surface area contributed by atoms with Gasteiger partial charge in [-0.15, -0.1) is 47.2 Å². The number of nitrogens with zero attached hydrogens (tertiary/aromatic N) is 7. The number of ether oxygens (including phenoxy) is 4. The van der Waals surface area contributed by atoms with Crippen LogP contribution in [-0.4, -0.2) is 120 Å². The minimum absolute atomic E-state index is 0.00756. The van der Waals surface area contributed by atoms with Crippen molar-refractivity contribution in [2.24, 2.45) is 17.8 Å². The SMILES string of the molecule is C1CCOC1.C=C.CC.CC(C)(C)OC(=O)N1CCCC(C(O)c2nc3ccccc3s2)C1.CC(C)(C)OC(=O)N1CCCC(C(OC(=S)n2ccnc2)c2nc3ccccc3s2)C1.c1ccc2sc(CC3CCCNC3)nc2c1. The summed E-state index contributed by atoms with van der Waals surface area (Å²) in [5.41, 5.74) is 1.97. The van der Waals surface area contributed by atoms with Gasteiger partial charge in [0.2, 0.25) is 0 Å². The van der Waals surface area contributed by atoms with Crippen molar-refractivity contribution < 1.29 is 33.6 Å². The van der Waals surface area contributed by atoms with Crippen molar-refractivity contribution in [3.63, 3.8) is 0 Å². The molecule has 8 heterocycles. The number of amides is 2. The van der Waals surface area contributed by atoms with Crippen LogP contribution in [0.4, 0.5) is 9.59 Å². The Bertz CT molecular complexity index is 2850. The highest BCUT2D eigenvalue weighted by Crippen LogP contribution is 2.38. The van der Waals surface area contributed by atoms with Crippen LogP contribution in [0.1, 0.15) is 134 Å². The van der Waals surface area contributed by atoms with Crippen LogP contribution in [0.25, 0.3) is 30.6 Å². The van der Waals surface area contributed by atoms with Crippen molar-refractivity contribution >= 4 is 94.2 Å². The zero-order valence-electron chi connectivity index (χ0n) is 48.1. The van der Waals surface area contributed by atoms with Gasteiger partial charge in [0.15, 0.2) is 6.10 Å². The maximum Gasteiger partial charge on any atom is 0.410 e. The quantitative estimate of drug-likeness (QED) is 0.114. The molecule has 434 valence electrons. The minimum atomic E-state index is -0.646. The summed E-state index contributed by atoms with van der Waals surface area (Å²) < 4.78 is 27.5.